The summed E-state index contributed by atoms with van der Waals surface area (Å²) in [6, 6.07) is 86.5. The highest BCUT2D eigenvalue weighted by Gasteiger charge is 2.46. The Morgan fingerprint density at radius 1 is 0.360 bits per heavy atom. The lowest BCUT2D eigenvalue weighted by atomic mass is 9.83. The van der Waals surface area contributed by atoms with Crippen LogP contribution in [0, 0.1) is 0 Å². The summed E-state index contributed by atoms with van der Waals surface area (Å²) in [6.45, 7) is 0. The zero-order valence-electron chi connectivity index (χ0n) is 40.3. The van der Waals surface area contributed by atoms with Crippen molar-refractivity contribution < 1.29 is 9.90 Å². The van der Waals surface area contributed by atoms with Crippen LogP contribution < -0.4 is 0 Å². The SMILES string of the molecule is Brc1ccccc1-n1c2ccccc2c2ccccc21.O=C1c2ccccc2-c2nc3ccccc3cc21.OC1(c2ccccc2-n2c3ccccc3c3ccccc32)c2ccccc2-c2nc3ccccc3cc21. The van der Waals surface area contributed by atoms with Crippen molar-refractivity contribution >= 4 is 87.1 Å². The molecule has 2 aliphatic rings. The van der Waals surface area contributed by atoms with Crippen molar-refractivity contribution in [3.05, 3.63) is 287 Å². The number of pyridine rings is 2. The van der Waals surface area contributed by atoms with Crippen LogP contribution in [0.2, 0.25) is 0 Å². The fourth-order valence-electron chi connectivity index (χ4n) is 11.5. The monoisotopic (exact) mass is 1030 g/mol. The molecule has 0 saturated heterocycles. The molecule has 0 aliphatic heterocycles. The third kappa shape index (κ3) is 7.00. The number of nitrogens with zero attached hydrogens (tertiary/aromatic N) is 4. The molecule has 16 rings (SSSR count). The van der Waals surface area contributed by atoms with Gasteiger partial charge in [-0.25, -0.2) is 9.97 Å². The predicted octanol–water partition coefficient (Wildman–Crippen LogP) is 16.6. The Hall–Kier alpha value is -9.27. The lowest BCUT2D eigenvalue weighted by Gasteiger charge is -2.29. The van der Waals surface area contributed by atoms with Crippen LogP contribution in [-0.2, 0) is 5.60 Å². The highest BCUT2D eigenvalue weighted by atomic mass is 79.9. The molecule has 1 unspecified atom stereocenters. The van der Waals surface area contributed by atoms with Gasteiger partial charge in [-0.3, -0.25) is 4.79 Å². The van der Waals surface area contributed by atoms with Crippen LogP contribution >= 0.6 is 15.9 Å². The topological polar surface area (TPSA) is 72.9 Å². The minimum Gasteiger partial charge on any atom is -0.376 e. The van der Waals surface area contributed by atoms with Crippen molar-refractivity contribution in [2.45, 2.75) is 5.60 Å². The van der Waals surface area contributed by atoms with E-state index in [1.54, 1.807) is 0 Å². The van der Waals surface area contributed by atoms with E-state index in [2.05, 4.69) is 176 Å². The van der Waals surface area contributed by atoms with E-state index in [-0.39, 0.29) is 5.78 Å². The summed E-state index contributed by atoms with van der Waals surface area (Å²) in [6.07, 6.45) is 0. The lowest BCUT2D eigenvalue weighted by molar-refractivity contribution is 0.104. The number of fused-ring (bicyclic) bond motifs is 14. The van der Waals surface area contributed by atoms with Gasteiger partial charge in [0.15, 0.2) is 5.78 Å². The zero-order valence-corrected chi connectivity index (χ0v) is 41.9. The van der Waals surface area contributed by atoms with Gasteiger partial charge in [0.25, 0.3) is 0 Å². The summed E-state index contributed by atoms with van der Waals surface area (Å²) < 4.78 is 5.70. The molecule has 0 amide bonds. The molecule has 0 fully saturated rings. The second kappa shape index (κ2) is 17.7. The first-order valence-corrected chi connectivity index (χ1v) is 25.8. The summed E-state index contributed by atoms with van der Waals surface area (Å²) in [4.78, 5) is 22.0. The van der Waals surface area contributed by atoms with Crippen molar-refractivity contribution in [2.75, 3.05) is 0 Å². The van der Waals surface area contributed by atoms with E-state index in [4.69, 9.17) is 4.98 Å². The number of aromatic nitrogens is 4. The standard InChI is InChI=1S/C34H22N2O.C18H12BrN.C16H9NO/c37-34(26-15-5-2-14-25(26)33-28(34)21-22-11-1-7-17-29(22)35-33)27-16-6-10-20-32(27)36-30-18-8-3-12-23(30)24-13-4-9-19-31(24)36;19-15-9-3-6-12-18(15)20-16-10-4-1-7-13(16)14-8-2-5-11-17(14)20;18-16-12-7-3-2-6-11(12)15-13(16)9-10-5-1-4-8-14(10)17-15/h1-21,37H;1-12H;1-9H. The number of halogens is 1. The summed E-state index contributed by atoms with van der Waals surface area (Å²) >= 11 is 3.67. The van der Waals surface area contributed by atoms with Crippen LogP contribution in [0.5, 0.6) is 0 Å². The van der Waals surface area contributed by atoms with Crippen LogP contribution in [0.25, 0.3) is 99.3 Å². The largest absolute Gasteiger partial charge is 0.376 e. The predicted molar refractivity (Wildman–Crippen MR) is 309 cm³/mol. The molecule has 4 aromatic heterocycles. The number of benzene rings is 10. The second-order valence-electron chi connectivity index (χ2n) is 19.0. The average molecular weight is 1030 g/mol. The Kier molecular flexibility index (Phi) is 10.5. The first kappa shape index (κ1) is 44.4. The molecule has 14 aromatic rings. The first-order valence-electron chi connectivity index (χ1n) is 25.0. The summed E-state index contributed by atoms with van der Waals surface area (Å²) in [5.41, 5.74) is 14.9. The van der Waals surface area contributed by atoms with Gasteiger partial charge in [-0.1, -0.05) is 188 Å². The molecule has 7 heteroatoms. The van der Waals surface area contributed by atoms with E-state index in [1.165, 1.54) is 38.3 Å². The number of hydrogen-bond acceptors (Lipinski definition) is 4. The Bertz CT molecular complexity index is 4520. The highest BCUT2D eigenvalue weighted by molar-refractivity contribution is 9.10. The maximum absolute atomic E-state index is 12.9. The molecule has 10 aromatic carbocycles. The number of carbonyl (C=O) groups excluding carboxylic acids is 1. The number of carbonyl (C=O) groups is 1. The normalized spacial score (nSPS) is 14.1. The van der Waals surface area contributed by atoms with Gasteiger partial charge in [0.05, 0.1) is 55.9 Å². The van der Waals surface area contributed by atoms with E-state index in [9.17, 15) is 9.90 Å². The molecule has 0 bridgehead atoms. The number of hydrogen-bond donors (Lipinski definition) is 1. The Morgan fingerprint density at radius 2 is 0.773 bits per heavy atom. The minimum atomic E-state index is -1.36. The van der Waals surface area contributed by atoms with Gasteiger partial charge in [-0.15, -0.1) is 0 Å². The maximum Gasteiger partial charge on any atom is 0.195 e. The second-order valence-corrected chi connectivity index (χ2v) is 19.8. The van der Waals surface area contributed by atoms with Crippen molar-refractivity contribution in [3.8, 4) is 33.9 Å². The average Bonchev–Trinajstić information content (AvgIpc) is 4.22. The summed E-state index contributed by atoms with van der Waals surface area (Å²) in [5.74, 6) is 0.0823. The van der Waals surface area contributed by atoms with Crippen LogP contribution in [0.15, 0.2) is 259 Å². The number of rotatable bonds is 3. The fraction of sp³-hybridized carbons (Fsp3) is 0.0147. The quantitative estimate of drug-likeness (QED) is 0.191. The molecule has 75 heavy (non-hydrogen) atoms. The third-order valence-electron chi connectivity index (χ3n) is 14.9. The lowest BCUT2D eigenvalue weighted by Crippen LogP contribution is -2.28. The Morgan fingerprint density at radius 3 is 1.36 bits per heavy atom. The van der Waals surface area contributed by atoms with Gasteiger partial charge >= 0.3 is 0 Å². The fourth-order valence-corrected chi connectivity index (χ4v) is 12.0. The third-order valence-corrected chi connectivity index (χ3v) is 15.5. The molecule has 1 atom stereocenters. The molecule has 2 aliphatic carbocycles. The van der Waals surface area contributed by atoms with Gasteiger partial charge in [0, 0.05) is 75.7 Å². The van der Waals surface area contributed by atoms with Gasteiger partial charge in [-0.05, 0) is 82.7 Å². The highest BCUT2D eigenvalue weighted by Crippen LogP contribution is 2.52. The molecule has 0 saturated carbocycles. The summed E-state index contributed by atoms with van der Waals surface area (Å²) in [5, 5.41) is 19.9. The van der Waals surface area contributed by atoms with Crippen LogP contribution in [0.1, 0.15) is 32.6 Å². The molecule has 4 heterocycles. The van der Waals surface area contributed by atoms with Gasteiger partial charge in [0.2, 0.25) is 0 Å². The van der Waals surface area contributed by atoms with E-state index in [0.717, 1.165) is 93.3 Å². The van der Waals surface area contributed by atoms with Gasteiger partial charge in [-0.2, -0.15) is 0 Å². The van der Waals surface area contributed by atoms with Gasteiger partial charge in [0.1, 0.15) is 5.60 Å². The molecule has 0 radical (unpaired) electrons. The van der Waals surface area contributed by atoms with Crippen molar-refractivity contribution in [1.82, 2.24) is 19.1 Å². The smallest absolute Gasteiger partial charge is 0.195 e. The summed E-state index contributed by atoms with van der Waals surface area (Å²) in [7, 11) is 0. The van der Waals surface area contributed by atoms with E-state index in [1.807, 2.05) is 109 Å². The Labute approximate surface area is 440 Å². The van der Waals surface area contributed by atoms with Crippen LogP contribution in [0.4, 0.5) is 0 Å². The maximum atomic E-state index is 12.9. The molecule has 1 N–H and O–H groups in total. The zero-order chi connectivity index (χ0) is 50.2. The van der Waals surface area contributed by atoms with Crippen LogP contribution in [0.3, 0.4) is 0 Å². The molecule has 354 valence electrons. The molecule has 6 nitrogen and oxygen atoms in total. The molecular weight excluding hydrogens is 985 g/mol. The van der Waals surface area contributed by atoms with Gasteiger partial charge < -0.3 is 14.2 Å². The van der Waals surface area contributed by atoms with E-state index in [0.29, 0.717) is 0 Å². The Balaban J connectivity index is 0.000000114. The molecule has 0 spiro atoms. The minimum absolute atomic E-state index is 0.0823. The van der Waals surface area contributed by atoms with E-state index >= 15 is 0 Å². The van der Waals surface area contributed by atoms with Crippen molar-refractivity contribution in [2.24, 2.45) is 0 Å². The molecular formula is C68H43BrN4O2. The van der Waals surface area contributed by atoms with E-state index < -0.39 is 5.60 Å². The number of para-hydroxylation sites is 8. The van der Waals surface area contributed by atoms with Crippen molar-refractivity contribution in [1.29, 1.82) is 0 Å². The number of ketones is 1. The number of aliphatic hydroxyl groups is 1. The van der Waals surface area contributed by atoms with Crippen LogP contribution in [-0.4, -0.2) is 30.0 Å². The van der Waals surface area contributed by atoms with Crippen molar-refractivity contribution in [3.63, 3.8) is 0 Å². The first-order chi connectivity index (χ1) is 37.0.